The van der Waals surface area contributed by atoms with E-state index in [0.29, 0.717) is 9.75 Å². The average molecular weight is 395 g/mol. The molecule has 0 aliphatic carbocycles. The molecule has 9 heteroatoms. The fourth-order valence-corrected chi connectivity index (χ4v) is 2.65. The minimum atomic E-state index is 0.581. The number of hydrogen-bond acceptors (Lipinski definition) is 6. The Balaban J connectivity index is 0.000000159. The first kappa shape index (κ1) is 21.2. The number of aromatic nitrogens is 2. The van der Waals surface area contributed by atoms with Gasteiger partial charge in [-0.15, -0.1) is 0 Å². The summed E-state index contributed by atoms with van der Waals surface area (Å²) in [5, 5.41) is 31.4. The molecule has 4 heterocycles. The van der Waals surface area contributed by atoms with E-state index in [1.807, 2.05) is 12.1 Å². The average Bonchev–Trinajstić information content (AvgIpc) is 2.74. The molecule has 2 aliphatic rings. The lowest BCUT2D eigenvalue weighted by Crippen LogP contribution is -2.43. The summed E-state index contributed by atoms with van der Waals surface area (Å²) in [7, 11) is 0. The van der Waals surface area contributed by atoms with Crippen molar-refractivity contribution in [3.8, 4) is 0 Å². The SMILES string of the molecule is C1CNCCN1.[O-][n+]1ccc(Cl)cc1.[O-][n+]1ccc(N2CCNCC2)cc1. The van der Waals surface area contributed by atoms with E-state index in [2.05, 4.69) is 20.9 Å². The zero-order valence-electron chi connectivity index (χ0n) is 15.3. The molecular formula is C18H27ClN6O2. The molecule has 0 bridgehead atoms. The Morgan fingerprint density at radius 1 is 0.704 bits per heavy atom. The van der Waals surface area contributed by atoms with E-state index in [-0.39, 0.29) is 0 Å². The van der Waals surface area contributed by atoms with Gasteiger partial charge in [0.15, 0.2) is 24.8 Å². The predicted molar refractivity (Wildman–Crippen MR) is 107 cm³/mol. The number of rotatable bonds is 1. The molecule has 2 saturated heterocycles. The third kappa shape index (κ3) is 8.87. The van der Waals surface area contributed by atoms with Crippen LogP contribution in [0.5, 0.6) is 0 Å². The largest absolute Gasteiger partial charge is 0.619 e. The number of anilines is 1. The fraction of sp³-hybridized carbons (Fsp3) is 0.444. The van der Waals surface area contributed by atoms with Crippen molar-refractivity contribution < 1.29 is 9.46 Å². The maximum atomic E-state index is 10.8. The maximum Gasteiger partial charge on any atom is 0.182 e. The normalized spacial score (nSPS) is 16.4. The lowest BCUT2D eigenvalue weighted by molar-refractivity contribution is -0.605. The number of halogens is 1. The first-order valence-electron chi connectivity index (χ1n) is 9.05. The monoisotopic (exact) mass is 394 g/mol. The molecule has 0 amide bonds. The second kappa shape index (κ2) is 12.3. The number of hydrogen-bond donors (Lipinski definition) is 3. The van der Waals surface area contributed by atoms with Crippen LogP contribution >= 0.6 is 11.6 Å². The molecule has 3 N–H and O–H groups in total. The van der Waals surface area contributed by atoms with Crippen LogP contribution in [0, 0.1) is 10.4 Å². The van der Waals surface area contributed by atoms with E-state index in [1.54, 1.807) is 0 Å². The summed E-state index contributed by atoms with van der Waals surface area (Å²) in [5.41, 5.74) is 1.13. The van der Waals surface area contributed by atoms with Crippen molar-refractivity contribution in [1.29, 1.82) is 0 Å². The van der Waals surface area contributed by atoms with E-state index >= 15 is 0 Å². The van der Waals surface area contributed by atoms with Gasteiger partial charge in [-0.05, 0) is 0 Å². The smallest absolute Gasteiger partial charge is 0.182 e. The second-order valence-electron chi connectivity index (χ2n) is 6.03. The van der Waals surface area contributed by atoms with Crippen molar-refractivity contribution in [2.75, 3.05) is 57.3 Å². The van der Waals surface area contributed by atoms with Crippen molar-refractivity contribution in [3.05, 3.63) is 64.5 Å². The van der Waals surface area contributed by atoms with Crippen LogP contribution < -0.4 is 30.3 Å². The molecule has 0 aromatic carbocycles. The molecule has 0 atom stereocenters. The molecule has 8 nitrogen and oxygen atoms in total. The van der Waals surface area contributed by atoms with Crippen molar-refractivity contribution in [3.63, 3.8) is 0 Å². The van der Waals surface area contributed by atoms with Crippen molar-refractivity contribution >= 4 is 17.3 Å². The number of nitrogens with one attached hydrogen (secondary N) is 3. The Bertz CT molecular complexity index is 599. The minimum absolute atomic E-state index is 0.581. The molecular weight excluding hydrogens is 368 g/mol. The lowest BCUT2D eigenvalue weighted by Gasteiger charge is -2.28. The van der Waals surface area contributed by atoms with Gasteiger partial charge in [-0.1, -0.05) is 11.6 Å². The van der Waals surface area contributed by atoms with E-state index in [1.165, 1.54) is 36.9 Å². The molecule has 0 radical (unpaired) electrons. The molecule has 0 spiro atoms. The molecule has 2 aliphatic heterocycles. The van der Waals surface area contributed by atoms with Crippen LogP contribution in [-0.4, -0.2) is 52.4 Å². The Hall–Kier alpha value is -2.13. The van der Waals surface area contributed by atoms with Crippen molar-refractivity contribution in [2.24, 2.45) is 0 Å². The Morgan fingerprint density at radius 2 is 1.11 bits per heavy atom. The third-order valence-corrected chi connectivity index (χ3v) is 4.24. The number of nitrogens with zero attached hydrogens (tertiary/aromatic N) is 3. The van der Waals surface area contributed by atoms with E-state index < -0.39 is 0 Å². The van der Waals surface area contributed by atoms with Gasteiger partial charge in [-0.25, -0.2) is 0 Å². The second-order valence-corrected chi connectivity index (χ2v) is 6.47. The van der Waals surface area contributed by atoms with Gasteiger partial charge in [0.25, 0.3) is 0 Å². The first-order chi connectivity index (χ1) is 13.1. The molecule has 0 saturated carbocycles. The summed E-state index contributed by atoms with van der Waals surface area (Å²) in [4.78, 5) is 2.27. The van der Waals surface area contributed by atoms with Gasteiger partial charge in [0.05, 0.1) is 5.02 Å². The van der Waals surface area contributed by atoms with Crippen LogP contribution in [0.2, 0.25) is 5.02 Å². The number of piperazine rings is 2. The zero-order chi connectivity index (χ0) is 19.3. The highest BCUT2D eigenvalue weighted by Crippen LogP contribution is 2.11. The molecule has 2 aromatic rings. The quantitative estimate of drug-likeness (QED) is 0.461. The maximum absolute atomic E-state index is 10.8. The fourth-order valence-electron chi connectivity index (χ4n) is 2.54. The van der Waals surface area contributed by atoms with Gasteiger partial charge in [-0.2, -0.15) is 9.46 Å². The summed E-state index contributed by atoms with van der Waals surface area (Å²) in [6.45, 7) is 8.63. The van der Waals surface area contributed by atoms with Crippen LogP contribution in [0.4, 0.5) is 5.69 Å². The molecule has 2 fully saturated rings. The van der Waals surface area contributed by atoms with Crippen LogP contribution in [0.1, 0.15) is 0 Å². The van der Waals surface area contributed by atoms with Crippen LogP contribution in [0.15, 0.2) is 49.1 Å². The van der Waals surface area contributed by atoms with Gasteiger partial charge < -0.3 is 31.3 Å². The molecule has 27 heavy (non-hydrogen) atoms. The Labute approximate surface area is 164 Å². The van der Waals surface area contributed by atoms with E-state index in [9.17, 15) is 10.4 Å². The van der Waals surface area contributed by atoms with Gasteiger partial charge in [-0.3, -0.25) is 0 Å². The summed E-state index contributed by atoms with van der Waals surface area (Å²) in [6, 6.07) is 6.79. The van der Waals surface area contributed by atoms with Crippen LogP contribution in [-0.2, 0) is 0 Å². The highest BCUT2D eigenvalue weighted by atomic mass is 35.5. The van der Waals surface area contributed by atoms with Gasteiger partial charge in [0.1, 0.15) is 0 Å². The van der Waals surface area contributed by atoms with Crippen molar-refractivity contribution in [2.45, 2.75) is 0 Å². The van der Waals surface area contributed by atoms with E-state index in [4.69, 9.17) is 11.6 Å². The standard InChI is InChI=1S/C9H13N3O.C5H4ClNO.C4H10N2/c13-12-5-1-9(2-6-12)11-7-3-10-4-8-11;6-5-1-3-7(8)4-2-5;1-2-6-4-3-5-1/h1-2,5-6,10H,3-4,7-8H2;1-4H;5-6H,1-4H2. The van der Waals surface area contributed by atoms with Gasteiger partial charge in [0.2, 0.25) is 0 Å². The highest BCUT2D eigenvalue weighted by Gasteiger charge is 2.10. The number of pyridine rings is 2. The van der Waals surface area contributed by atoms with Crippen LogP contribution in [0.3, 0.4) is 0 Å². The molecule has 0 unspecified atom stereocenters. The summed E-state index contributed by atoms with van der Waals surface area (Å²) in [6.07, 6.45) is 5.78. The summed E-state index contributed by atoms with van der Waals surface area (Å²) in [5.74, 6) is 0. The highest BCUT2D eigenvalue weighted by molar-refractivity contribution is 6.30. The summed E-state index contributed by atoms with van der Waals surface area (Å²) >= 11 is 5.46. The third-order valence-electron chi connectivity index (χ3n) is 3.99. The summed E-state index contributed by atoms with van der Waals surface area (Å²) < 4.78 is 1.50. The molecule has 148 valence electrons. The predicted octanol–water partition coefficient (Wildman–Crippen LogP) is -0.118. The molecule has 4 rings (SSSR count). The topological polar surface area (TPSA) is 93.2 Å². The van der Waals surface area contributed by atoms with Crippen molar-refractivity contribution in [1.82, 2.24) is 16.0 Å². The van der Waals surface area contributed by atoms with Gasteiger partial charge in [0, 0.05) is 82.3 Å². The lowest BCUT2D eigenvalue weighted by atomic mass is 10.3. The zero-order valence-corrected chi connectivity index (χ0v) is 16.1. The minimum Gasteiger partial charge on any atom is -0.619 e. The Morgan fingerprint density at radius 3 is 1.52 bits per heavy atom. The van der Waals surface area contributed by atoms with E-state index in [0.717, 1.165) is 62.8 Å². The first-order valence-corrected chi connectivity index (χ1v) is 9.43. The molecule has 2 aromatic heterocycles. The Kier molecular flexibility index (Phi) is 9.64. The van der Waals surface area contributed by atoms with Gasteiger partial charge >= 0.3 is 0 Å². The van der Waals surface area contributed by atoms with Crippen LogP contribution in [0.25, 0.3) is 0 Å².